The normalized spacial score (nSPS) is 10.8. The molecule has 0 spiro atoms. The number of hydrogen-bond acceptors (Lipinski definition) is 3. The monoisotopic (exact) mass is 273 g/mol. The molecule has 0 fully saturated rings. The SMILES string of the molecule is O=Cc1ccc(-c2ccc3c(Cl)c[nH]c(=O)c3c2)o1. The molecule has 4 nitrogen and oxygen atoms in total. The summed E-state index contributed by atoms with van der Waals surface area (Å²) >= 11 is 6.01. The number of pyridine rings is 1. The van der Waals surface area contributed by atoms with Crippen molar-refractivity contribution in [3.63, 3.8) is 0 Å². The number of halogens is 1. The van der Waals surface area contributed by atoms with Crippen molar-refractivity contribution in [1.29, 1.82) is 0 Å². The van der Waals surface area contributed by atoms with Gasteiger partial charge in [-0.1, -0.05) is 23.7 Å². The van der Waals surface area contributed by atoms with Crippen molar-refractivity contribution >= 4 is 28.7 Å². The Morgan fingerprint density at radius 3 is 2.74 bits per heavy atom. The summed E-state index contributed by atoms with van der Waals surface area (Å²) in [5.41, 5.74) is 0.497. The molecule has 1 aromatic carbocycles. The molecule has 2 heterocycles. The van der Waals surface area contributed by atoms with Crippen molar-refractivity contribution in [2.75, 3.05) is 0 Å². The number of rotatable bonds is 2. The summed E-state index contributed by atoms with van der Waals surface area (Å²) in [7, 11) is 0. The van der Waals surface area contributed by atoms with Crippen LogP contribution in [-0.4, -0.2) is 11.3 Å². The first-order valence-corrected chi connectivity index (χ1v) is 5.93. The summed E-state index contributed by atoms with van der Waals surface area (Å²) < 4.78 is 5.32. The van der Waals surface area contributed by atoms with Gasteiger partial charge in [0.25, 0.3) is 5.56 Å². The molecule has 0 aliphatic carbocycles. The molecular weight excluding hydrogens is 266 g/mol. The standard InChI is InChI=1S/C14H8ClNO3/c15-12-6-16-14(18)11-5-8(1-3-10(11)12)13-4-2-9(7-17)19-13/h1-7H,(H,16,18). The quantitative estimate of drug-likeness (QED) is 0.729. The highest BCUT2D eigenvalue weighted by molar-refractivity contribution is 6.35. The fraction of sp³-hybridized carbons (Fsp3) is 0. The third kappa shape index (κ3) is 1.96. The molecule has 0 aliphatic rings. The van der Waals surface area contributed by atoms with E-state index in [0.29, 0.717) is 33.4 Å². The van der Waals surface area contributed by atoms with Crippen LogP contribution in [0.15, 0.2) is 45.7 Å². The van der Waals surface area contributed by atoms with E-state index in [0.717, 1.165) is 0 Å². The molecule has 2 aromatic heterocycles. The van der Waals surface area contributed by atoms with E-state index in [1.807, 2.05) is 0 Å². The minimum absolute atomic E-state index is 0.219. The van der Waals surface area contributed by atoms with Gasteiger partial charge in [-0.3, -0.25) is 9.59 Å². The maximum atomic E-state index is 11.8. The zero-order chi connectivity index (χ0) is 13.4. The smallest absolute Gasteiger partial charge is 0.255 e. The van der Waals surface area contributed by atoms with Gasteiger partial charge >= 0.3 is 0 Å². The van der Waals surface area contributed by atoms with Crippen molar-refractivity contribution in [3.8, 4) is 11.3 Å². The van der Waals surface area contributed by atoms with Crippen LogP contribution in [0.2, 0.25) is 5.02 Å². The van der Waals surface area contributed by atoms with Gasteiger partial charge in [-0.25, -0.2) is 0 Å². The highest BCUT2D eigenvalue weighted by Gasteiger charge is 2.08. The Hall–Kier alpha value is -2.33. The summed E-state index contributed by atoms with van der Waals surface area (Å²) in [6, 6.07) is 8.50. The van der Waals surface area contributed by atoms with Gasteiger partial charge in [0, 0.05) is 22.5 Å². The molecule has 0 bridgehead atoms. The van der Waals surface area contributed by atoms with Gasteiger partial charge in [-0.2, -0.15) is 0 Å². The zero-order valence-electron chi connectivity index (χ0n) is 9.64. The topological polar surface area (TPSA) is 63.1 Å². The molecule has 0 radical (unpaired) electrons. The molecular formula is C14H8ClNO3. The minimum Gasteiger partial charge on any atom is -0.453 e. The zero-order valence-corrected chi connectivity index (χ0v) is 10.4. The van der Waals surface area contributed by atoms with Crippen molar-refractivity contribution in [2.45, 2.75) is 0 Å². The molecule has 0 amide bonds. The maximum absolute atomic E-state index is 11.8. The number of carbonyl (C=O) groups is 1. The van der Waals surface area contributed by atoms with Crippen LogP contribution in [0, 0.1) is 0 Å². The molecule has 19 heavy (non-hydrogen) atoms. The number of aldehydes is 1. The van der Waals surface area contributed by atoms with E-state index in [1.165, 1.54) is 6.20 Å². The number of nitrogens with one attached hydrogen (secondary N) is 1. The fourth-order valence-corrected chi connectivity index (χ4v) is 2.17. The second-order valence-corrected chi connectivity index (χ2v) is 4.45. The molecule has 3 rings (SSSR count). The Morgan fingerprint density at radius 1 is 1.16 bits per heavy atom. The second-order valence-electron chi connectivity index (χ2n) is 4.05. The van der Waals surface area contributed by atoms with Gasteiger partial charge in [-0.05, 0) is 18.2 Å². The van der Waals surface area contributed by atoms with Crippen LogP contribution in [0.5, 0.6) is 0 Å². The Balaban J connectivity index is 2.24. The fourth-order valence-electron chi connectivity index (χ4n) is 1.95. The Morgan fingerprint density at radius 2 is 2.00 bits per heavy atom. The first-order valence-electron chi connectivity index (χ1n) is 5.55. The predicted octanol–water partition coefficient (Wildman–Crippen LogP) is 3.25. The Kier molecular flexibility index (Phi) is 2.72. The van der Waals surface area contributed by atoms with Crippen molar-refractivity contribution < 1.29 is 9.21 Å². The second kappa shape index (κ2) is 4.40. The van der Waals surface area contributed by atoms with Gasteiger partial charge in [-0.15, -0.1) is 0 Å². The maximum Gasteiger partial charge on any atom is 0.255 e. The van der Waals surface area contributed by atoms with Crippen LogP contribution in [0.25, 0.3) is 22.1 Å². The molecule has 0 saturated carbocycles. The molecule has 0 atom stereocenters. The predicted molar refractivity (Wildman–Crippen MR) is 72.7 cm³/mol. The van der Waals surface area contributed by atoms with E-state index < -0.39 is 0 Å². The summed E-state index contributed by atoms with van der Waals surface area (Å²) in [5, 5.41) is 1.64. The van der Waals surface area contributed by atoms with E-state index in [2.05, 4.69) is 4.98 Å². The minimum atomic E-state index is -0.219. The van der Waals surface area contributed by atoms with Crippen molar-refractivity contribution in [3.05, 3.63) is 57.7 Å². The van der Waals surface area contributed by atoms with Gasteiger partial charge < -0.3 is 9.40 Å². The van der Waals surface area contributed by atoms with Crippen LogP contribution in [0.4, 0.5) is 0 Å². The highest BCUT2D eigenvalue weighted by atomic mass is 35.5. The van der Waals surface area contributed by atoms with Gasteiger partial charge in [0.15, 0.2) is 12.0 Å². The van der Waals surface area contributed by atoms with Crippen molar-refractivity contribution in [1.82, 2.24) is 4.98 Å². The number of fused-ring (bicyclic) bond motifs is 1. The molecule has 3 aromatic rings. The van der Waals surface area contributed by atoms with E-state index in [1.54, 1.807) is 30.3 Å². The number of benzene rings is 1. The summed E-state index contributed by atoms with van der Waals surface area (Å²) in [4.78, 5) is 24.9. The summed E-state index contributed by atoms with van der Waals surface area (Å²) in [6.07, 6.45) is 2.09. The molecule has 0 aliphatic heterocycles. The first kappa shape index (κ1) is 11.7. The first-order chi connectivity index (χ1) is 9.19. The van der Waals surface area contributed by atoms with Crippen molar-refractivity contribution in [2.24, 2.45) is 0 Å². The lowest BCUT2D eigenvalue weighted by Crippen LogP contribution is -2.04. The largest absolute Gasteiger partial charge is 0.453 e. The van der Waals surface area contributed by atoms with Gasteiger partial charge in [0.2, 0.25) is 0 Å². The number of hydrogen-bond donors (Lipinski definition) is 1. The van der Waals surface area contributed by atoms with Crippen LogP contribution in [0.3, 0.4) is 0 Å². The lowest BCUT2D eigenvalue weighted by atomic mass is 10.1. The molecule has 0 unspecified atom stereocenters. The third-order valence-electron chi connectivity index (χ3n) is 2.88. The van der Waals surface area contributed by atoms with Gasteiger partial charge in [0.1, 0.15) is 5.76 Å². The van der Waals surface area contributed by atoms with Gasteiger partial charge in [0.05, 0.1) is 5.02 Å². The molecule has 5 heteroatoms. The Labute approximate surface area is 112 Å². The van der Waals surface area contributed by atoms with Crippen LogP contribution < -0.4 is 5.56 Å². The summed E-state index contributed by atoms with van der Waals surface area (Å²) in [6.45, 7) is 0. The lowest BCUT2D eigenvalue weighted by molar-refractivity contribution is 0.110. The number of H-pyrrole nitrogens is 1. The molecule has 94 valence electrons. The van der Waals surface area contributed by atoms with E-state index in [-0.39, 0.29) is 11.3 Å². The number of furan rings is 1. The third-order valence-corrected chi connectivity index (χ3v) is 3.19. The summed E-state index contributed by atoms with van der Waals surface area (Å²) in [5.74, 6) is 0.776. The van der Waals surface area contributed by atoms with E-state index in [4.69, 9.17) is 16.0 Å². The number of aromatic amines is 1. The van der Waals surface area contributed by atoms with Crippen LogP contribution in [-0.2, 0) is 0 Å². The van der Waals surface area contributed by atoms with E-state index >= 15 is 0 Å². The highest BCUT2D eigenvalue weighted by Crippen LogP contribution is 2.27. The number of aromatic nitrogens is 1. The molecule has 0 saturated heterocycles. The average molecular weight is 274 g/mol. The van der Waals surface area contributed by atoms with Crippen LogP contribution >= 0.6 is 11.6 Å². The molecule has 1 N–H and O–H groups in total. The average Bonchev–Trinajstić information content (AvgIpc) is 2.91. The number of carbonyl (C=O) groups excluding carboxylic acids is 1. The van der Waals surface area contributed by atoms with Crippen LogP contribution in [0.1, 0.15) is 10.6 Å². The Bertz CT molecular complexity index is 832. The lowest BCUT2D eigenvalue weighted by Gasteiger charge is -2.02. The van der Waals surface area contributed by atoms with E-state index in [9.17, 15) is 9.59 Å².